The predicted molar refractivity (Wildman–Crippen MR) is 111 cm³/mol. The van der Waals surface area contributed by atoms with Gasteiger partial charge in [-0.3, -0.25) is 4.79 Å². The van der Waals surface area contributed by atoms with Gasteiger partial charge >= 0.3 is 5.97 Å². The molecule has 0 aliphatic heterocycles. The molecule has 6 heteroatoms. The van der Waals surface area contributed by atoms with E-state index in [1.807, 2.05) is 0 Å². The molecule has 0 aromatic heterocycles. The highest BCUT2D eigenvalue weighted by atomic mass is 16.5. The first-order valence-electron chi connectivity index (χ1n) is 11.9. The molecule has 4 fully saturated rings. The van der Waals surface area contributed by atoms with E-state index in [1.54, 1.807) is 0 Å². The van der Waals surface area contributed by atoms with Crippen molar-refractivity contribution in [2.45, 2.75) is 96.6 Å². The molecule has 0 radical (unpaired) electrons. The van der Waals surface area contributed by atoms with Crippen LogP contribution >= 0.6 is 0 Å². The summed E-state index contributed by atoms with van der Waals surface area (Å²) in [5.74, 6) is -1.32. The minimum atomic E-state index is -1.64. The Hall–Kier alpha value is -0.690. The first kappa shape index (κ1) is 22.5. The Kier molecular flexibility index (Phi) is 5.57. The van der Waals surface area contributed by atoms with E-state index in [9.17, 15) is 25.2 Å². The average Bonchev–Trinajstić information content (AvgIpc) is 3.00. The molecule has 0 spiro atoms. The minimum absolute atomic E-state index is 0.0562. The lowest BCUT2D eigenvalue weighted by atomic mass is 9.43. The highest BCUT2D eigenvalue weighted by Gasteiger charge is 2.66. The Morgan fingerprint density at radius 1 is 1.07 bits per heavy atom. The maximum absolute atomic E-state index is 11.5. The summed E-state index contributed by atoms with van der Waals surface area (Å²) in [6.45, 7) is 6.55. The van der Waals surface area contributed by atoms with Crippen molar-refractivity contribution in [3.63, 3.8) is 0 Å². The van der Waals surface area contributed by atoms with E-state index in [4.69, 9.17) is 5.11 Å². The van der Waals surface area contributed by atoms with Crippen LogP contribution in [0.15, 0.2) is 0 Å². The van der Waals surface area contributed by atoms with Crippen LogP contribution < -0.4 is 0 Å². The number of fused-ring (bicyclic) bond motifs is 5. The summed E-state index contributed by atoms with van der Waals surface area (Å²) in [6.07, 6.45) is 4.40. The van der Waals surface area contributed by atoms with Crippen LogP contribution in [0.5, 0.6) is 0 Å². The number of carboxylic acid groups (broad SMARTS) is 1. The lowest BCUT2D eigenvalue weighted by molar-refractivity contribution is -0.255. The molecule has 4 aliphatic carbocycles. The zero-order chi connectivity index (χ0) is 22.1. The van der Waals surface area contributed by atoms with E-state index >= 15 is 0 Å². The van der Waals surface area contributed by atoms with E-state index in [1.165, 1.54) is 0 Å². The largest absolute Gasteiger partial charge is 0.481 e. The summed E-state index contributed by atoms with van der Waals surface area (Å²) in [4.78, 5) is 11.1. The number of aliphatic hydroxyl groups excluding tert-OH is 2. The average molecular weight is 425 g/mol. The van der Waals surface area contributed by atoms with Gasteiger partial charge in [-0.25, -0.2) is 0 Å². The fraction of sp³-hybridized carbons (Fsp3) is 0.958. The number of carboxylic acids is 1. The van der Waals surface area contributed by atoms with Gasteiger partial charge in [0, 0.05) is 19.3 Å². The number of carbonyl (C=O) groups is 1. The van der Waals surface area contributed by atoms with Gasteiger partial charge in [0.1, 0.15) is 0 Å². The second-order valence-corrected chi connectivity index (χ2v) is 11.7. The van der Waals surface area contributed by atoms with E-state index in [0.717, 1.165) is 12.8 Å². The van der Waals surface area contributed by atoms with Crippen LogP contribution in [0.25, 0.3) is 0 Å². The maximum atomic E-state index is 11.5. The number of hydrogen-bond donors (Lipinski definition) is 5. The van der Waals surface area contributed by atoms with Crippen molar-refractivity contribution >= 4 is 5.97 Å². The zero-order valence-electron chi connectivity index (χ0n) is 18.6. The maximum Gasteiger partial charge on any atom is 0.303 e. The Morgan fingerprint density at radius 2 is 1.77 bits per heavy atom. The van der Waals surface area contributed by atoms with Crippen molar-refractivity contribution in [1.29, 1.82) is 0 Å². The van der Waals surface area contributed by atoms with Crippen molar-refractivity contribution in [3.05, 3.63) is 0 Å². The van der Waals surface area contributed by atoms with E-state index in [0.29, 0.717) is 38.5 Å². The van der Waals surface area contributed by atoms with Crippen molar-refractivity contribution < 1.29 is 30.3 Å². The van der Waals surface area contributed by atoms with Crippen LogP contribution in [0.1, 0.15) is 78.6 Å². The lowest BCUT2D eigenvalue weighted by Gasteiger charge is -2.64. The summed E-state index contributed by atoms with van der Waals surface area (Å²) < 4.78 is 0. The van der Waals surface area contributed by atoms with Crippen molar-refractivity contribution in [1.82, 2.24) is 0 Å². The molecule has 0 bridgehead atoms. The van der Waals surface area contributed by atoms with Crippen molar-refractivity contribution in [3.8, 4) is 0 Å². The molecule has 4 rings (SSSR count). The summed E-state index contributed by atoms with van der Waals surface area (Å²) in [7, 11) is 0. The lowest BCUT2D eigenvalue weighted by Crippen LogP contribution is -2.63. The molecule has 172 valence electrons. The van der Waals surface area contributed by atoms with Gasteiger partial charge in [-0.2, -0.15) is 0 Å². The van der Waals surface area contributed by atoms with Crippen molar-refractivity contribution in [2.75, 3.05) is 0 Å². The molecular formula is C24H40O6. The monoisotopic (exact) mass is 424 g/mol. The highest BCUT2D eigenvalue weighted by Crippen LogP contribution is 2.68. The topological polar surface area (TPSA) is 118 Å². The molecule has 10 atom stereocenters. The molecule has 0 saturated heterocycles. The first-order chi connectivity index (χ1) is 13.9. The normalized spacial score (nSPS) is 50.8. The molecule has 0 aromatic carbocycles. The molecule has 6 nitrogen and oxygen atoms in total. The molecule has 4 saturated carbocycles. The second-order valence-electron chi connectivity index (χ2n) is 11.7. The minimum Gasteiger partial charge on any atom is -0.481 e. The fourth-order valence-corrected chi connectivity index (χ4v) is 8.68. The smallest absolute Gasteiger partial charge is 0.303 e. The quantitative estimate of drug-likeness (QED) is 0.443. The van der Waals surface area contributed by atoms with E-state index in [-0.39, 0.29) is 52.8 Å². The van der Waals surface area contributed by atoms with Gasteiger partial charge in [-0.05, 0) is 84.9 Å². The molecule has 0 aromatic rings. The first-order valence-corrected chi connectivity index (χ1v) is 11.9. The summed E-state index contributed by atoms with van der Waals surface area (Å²) in [5.41, 5.74) is -0.385. The predicted octanol–water partition coefficient (Wildman–Crippen LogP) is 2.77. The third-order valence-electron chi connectivity index (χ3n) is 10.4. The van der Waals surface area contributed by atoms with Gasteiger partial charge in [0.2, 0.25) is 0 Å². The molecule has 30 heavy (non-hydrogen) atoms. The second kappa shape index (κ2) is 7.43. The molecule has 0 amide bonds. The van der Waals surface area contributed by atoms with Crippen LogP contribution in [0, 0.1) is 46.3 Å². The van der Waals surface area contributed by atoms with Crippen LogP contribution in [0.4, 0.5) is 0 Å². The van der Waals surface area contributed by atoms with Gasteiger partial charge in [0.05, 0.1) is 12.2 Å². The molecular weight excluding hydrogens is 384 g/mol. The summed E-state index contributed by atoms with van der Waals surface area (Å²) >= 11 is 0. The molecule has 4 aliphatic rings. The molecule has 0 heterocycles. The van der Waals surface area contributed by atoms with Gasteiger partial charge in [-0.15, -0.1) is 0 Å². The van der Waals surface area contributed by atoms with Crippen molar-refractivity contribution in [2.24, 2.45) is 46.3 Å². The third kappa shape index (κ3) is 3.33. The van der Waals surface area contributed by atoms with Gasteiger partial charge in [-0.1, -0.05) is 20.8 Å². The summed E-state index contributed by atoms with van der Waals surface area (Å²) in [5, 5.41) is 52.3. The Labute approximate surface area is 179 Å². The Balaban J connectivity index is 1.61. The van der Waals surface area contributed by atoms with Crippen LogP contribution in [-0.4, -0.2) is 49.5 Å². The highest BCUT2D eigenvalue weighted by molar-refractivity contribution is 5.66. The van der Waals surface area contributed by atoms with E-state index < -0.39 is 24.0 Å². The number of rotatable bonds is 4. The number of aliphatic hydroxyl groups is 4. The Bertz CT molecular complexity index is 679. The Morgan fingerprint density at radius 3 is 2.43 bits per heavy atom. The summed E-state index contributed by atoms with van der Waals surface area (Å²) in [6, 6.07) is 0. The SMILES string of the molecule is CC(CCC(=O)O)C1CCC2C3C(O)CC4CC(O)(O)CCC4(C)C3CC(O)C12C. The number of hydrogen-bond acceptors (Lipinski definition) is 5. The standard InChI is InChI=1S/C24H40O6/c1-13(4-7-20(27)28)15-5-6-16-21-17(11-19(26)23(15,16)3)22(2)8-9-24(29,30)12-14(22)10-18(21)25/h13-19,21,25-26,29-30H,4-12H2,1-3H3,(H,27,28). The third-order valence-corrected chi connectivity index (χ3v) is 10.4. The number of aliphatic carboxylic acids is 1. The fourth-order valence-electron chi connectivity index (χ4n) is 8.68. The van der Waals surface area contributed by atoms with Crippen LogP contribution in [0.2, 0.25) is 0 Å². The van der Waals surface area contributed by atoms with Crippen LogP contribution in [-0.2, 0) is 4.79 Å². The van der Waals surface area contributed by atoms with Gasteiger partial charge < -0.3 is 25.5 Å². The molecule has 5 N–H and O–H groups in total. The van der Waals surface area contributed by atoms with Crippen LogP contribution in [0.3, 0.4) is 0 Å². The zero-order valence-corrected chi connectivity index (χ0v) is 18.6. The van der Waals surface area contributed by atoms with Gasteiger partial charge in [0.15, 0.2) is 5.79 Å². The van der Waals surface area contributed by atoms with E-state index in [2.05, 4.69) is 20.8 Å². The van der Waals surface area contributed by atoms with Gasteiger partial charge in [0.25, 0.3) is 0 Å². The molecule has 10 unspecified atom stereocenters.